The molecule has 92 valence electrons. The Hall–Kier alpha value is -0.650. The van der Waals surface area contributed by atoms with Crippen molar-refractivity contribution in [2.24, 2.45) is 5.92 Å². The number of carbonyl (C=O) groups excluding carboxylic acids is 1. The molecule has 0 bridgehead atoms. The van der Waals surface area contributed by atoms with E-state index in [0.717, 1.165) is 0 Å². The molecule has 1 fully saturated rings. The van der Waals surface area contributed by atoms with Gasteiger partial charge < -0.3 is 10.0 Å². The molecule has 0 spiro atoms. The van der Waals surface area contributed by atoms with Crippen LogP contribution >= 0.6 is 27.5 Å². The normalized spacial score (nSPS) is 20.1. The van der Waals surface area contributed by atoms with Gasteiger partial charge in [-0.1, -0.05) is 11.6 Å². The first-order valence-electron chi connectivity index (χ1n) is 5.08. The lowest BCUT2D eigenvalue weighted by Crippen LogP contribution is -2.25. The zero-order chi connectivity index (χ0) is 12.6. The molecule has 1 aliphatic rings. The summed E-state index contributed by atoms with van der Waals surface area (Å²) in [7, 11) is 0. The lowest BCUT2D eigenvalue weighted by atomic mass is 10.1. The van der Waals surface area contributed by atoms with E-state index < -0.39 is 5.82 Å². The van der Waals surface area contributed by atoms with E-state index in [1.807, 2.05) is 0 Å². The fraction of sp³-hybridized carbons (Fsp3) is 0.364. The number of hydrogen-bond acceptors (Lipinski definition) is 2. The first-order chi connectivity index (χ1) is 8.02. The smallest absolute Gasteiger partial charge is 0.227 e. The molecular weight excluding hydrogens is 312 g/mol. The molecule has 1 amide bonds. The van der Waals surface area contributed by atoms with E-state index in [0.29, 0.717) is 16.7 Å². The summed E-state index contributed by atoms with van der Waals surface area (Å²) < 4.78 is 13.5. The van der Waals surface area contributed by atoms with Crippen LogP contribution in [0, 0.1) is 11.7 Å². The Morgan fingerprint density at radius 3 is 2.82 bits per heavy atom. The minimum absolute atomic E-state index is 0.0430. The molecule has 1 atom stereocenters. The molecule has 17 heavy (non-hydrogen) atoms. The van der Waals surface area contributed by atoms with Crippen LogP contribution in [0.1, 0.15) is 6.42 Å². The number of benzene rings is 1. The summed E-state index contributed by atoms with van der Waals surface area (Å²) in [5.41, 5.74) is 0.467. The molecule has 0 aliphatic carbocycles. The zero-order valence-electron chi connectivity index (χ0n) is 8.79. The Bertz CT molecular complexity index is 446. The number of rotatable bonds is 2. The van der Waals surface area contributed by atoms with Gasteiger partial charge in [0, 0.05) is 30.0 Å². The van der Waals surface area contributed by atoms with Crippen molar-refractivity contribution in [3.8, 4) is 0 Å². The SMILES string of the molecule is O=C1CC(CO)CN1c1c(Cl)cc(F)cc1Br. The van der Waals surface area contributed by atoms with E-state index in [1.165, 1.54) is 17.0 Å². The monoisotopic (exact) mass is 321 g/mol. The van der Waals surface area contributed by atoms with Crippen molar-refractivity contribution in [2.75, 3.05) is 18.1 Å². The van der Waals surface area contributed by atoms with E-state index in [9.17, 15) is 9.18 Å². The lowest BCUT2D eigenvalue weighted by Gasteiger charge is -2.19. The number of amides is 1. The van der Waals surface area contributed by atoms with E-state index in [1.54, 1.807) is 0 Å². The van der Waals surface area contributed by atoms with Crippen molar-refractivity contribution >= 4 is 39.1 Å². The minimum atomic E-state index is -0.462. The van der Waals surface area contributed by atoms with Gasteiger partial charge in [-0.15, -0.1) is 0 Å². The second-order valence-corrected chi connectivity index (χ2v) is 5.24. The number of aliphatic hydroxyl groups excluding tert-OH is 1. The largest absolute Gasteiger partial charge is 0.396 e. The summed E-state index contributed by atoms with van der Waals surface area (Å²) in [6, 6.07) is 2.43. The van der Waals surface area contributed by atoms with Gasteiger partial charge in [-0.25, -0.2) is 4.39 Å². The van der Waals surface area contributed by atoms with Crippen molar-refractivity contribution < 1.29 is 14.3 Å². The third-order valence-electron chi connectivity index (χ3n) is 2.71. The molecule has 0 radical (unpaired) electrons. The van der Waals surface area contributed by atoms with Crippen LogP contribution in [-0.4, -0.2) is 24.2 Å². The van der Waals surface area contributed by atoms with Crippen LogP contribution in [0.2, 0.25) is 5.02 Å². The molecule has 1 aromatic carbocycles. The Kier molecular flexibility index (Phi) is 3.70. The second kappa shape index (κ2) is 4.92. The van der Waals surface area contributed by atoms with Crippen molar-refractivity contribution in [1.82, 2.24) is 0 Å². The van der Waals surface area contributed by atoms with E-state index >= 15 is 0 Å². The van der Waals surface area contributed by atoms with Crippen LogP contribution in [0.25, 0.3) is 0 Å². The van der Waals surface area contributed by atoms with E-state index in [-0.39, 0.29) is 29.9 Å². The van der Waals surface area contributed by atoms with Gasteiger partial charge in [0.2, 0.25) is 5.91 Å². The molecule has 0 aromatic heterocycles. The minimum Gasteiger partial charge on any atom is -0.396 e. The van der Waals surface area contributed by atoms with Crippen molar-refractivity contribution in [1.29, 1.82) is 0 Å². The third-order valence-corrected chi connectivity index (χ3v) is 3.61. The molecule has 1 heterocycles. The van der Waals surface area contributed by atoms with Crippen LogP contribution in [0.15, 0.2) is 16.6 Å². The zero-order valence-corrected chi connectivity index (χ0v) is 11.1. The van der Waals surface area contributed by atoms with Gasteiger partial charge in [-0.05, 0) is 28.1 Å². The highest BCUT2D eigenvalue weighted by Gasteiger charge is 2.32. The highest BCUT2D eigenvalue weighted by atomic mass is 79.9. The van der Waals surface area contributed by atoms with E-state index in [2.05, 4.69) is 15.9 Å². The number of halogens is 3. The van der Waals surface area contributed by atoms with Gasteiger partial charge >= 0.3 is 0 Å². The Labute approximate surface area is 111 Å². The molecule has 6 heteroatoms. The van der Waals surface area contributed by atoms with Gasteiger partial charge in [0.15, 0.2) is 0 Å². The standard InChI is InChI=1S/C11H10BrClFNO2/c12-8-2-7(14)3-9(13)11(8)15-4-6(5-16)1-10(15)17/h2-3,6,16H,1,4-5H2. The summed E-state index contributed by atoms with van der Waals surface area (Å²) in [5.74, 6) is -0.662. The van der Waals surface area contributed by atoms with Crippen LogP contribution in [0.5, 0.6) is 0 Å². The van der Waals surface area contributed by atoms with Crippen molar-refractivity contribution in [3.05, 3.63) is 27.4 Å². The number of anilines is 1. The molecule has 0 saturated carbocycles. The molecular formula is C11H10BrClFNO2. The van der Waals surface area contributed by atoms with Gasteiger partial charge in [0.05, 0.1) is 10.7 Å². The average Bonchev–Trinajstić information content (AvgIpc) is 2.59. The first-order valence-corrected chi connectivity index (χ1v) is 6.25. The fourth-order valence-corrected chi connectivity index (χ4v) is 2.98. The van der Waals surface area contributed by atoms with Crippen molar-refractivity contribution in [2.45, 2.75) is 6.42 Å². The predicted octanol–water partition coefficient (Wildman–Crippen LogP) is 2.59. The number of carbonyl (C=O) groups is 1. The first kappa shape index (κ1) is 12.8. The van der Waals surface area contributed by atoms with Gasteiger partial charge in [0.1, 0.15) is 5.82 Å². The molecule has 1 aliphatic heterocycles. The number of nitrogens with zero attached hydrogens (tertiary/aromatic N) is 1. The molecule has 1 aromatic rings. The average molecular weight is 323 g/mol. The maximum atomic E-state index is 13.1. The summed E-state index contributed by atoms with van der Waals surface area (Å²) in [6.45, 7) is 0.359. The summed E-state index contributed by atoms with van der Waals surface area (Å²) >= 11 is 9.14. The van der Waals surface area contributed by atoms with Gasteiger partial charge in [-0.2, -0.15) is 0 Å². The second-order valence-electron chi connectivity index (χ2n) is 3.98. The molecule has 2 rings (SSSR count). The molecule has 1 saturated heterocycles. The molecule has 3 nitrogen and oxygen atoms in total. The number of aliphatic hydroxyl groups is 1. The van der Waals surface area contributed by atoms with Gasteiger partial charge in [0.25, 0.3) is 0 Å². The third kappa shape index (κ3) is 2.46. The van der Waals surface area contributed by atoms with Crippen LogP contribution in [0.4, 0.5) is 10.1 Å². The Balaban J connectivity index is 2.38. The highest BCUT2D eigenvalue weighted by Crippen LogP contribution is 2.37. The number of hydrogen-bond donors (Lipinski definition) is 1. The fourth-order valence-electron chi connectivity index (χ4n) is 1.91. The van der Waals surface area contributed by atoms with Crippen LogP contribution in [-0.2, 0) is 4.79 Å². The van der Waals surface area contributed by atoms with Crippen LogP contribution < -0.4 is 4.90 Å². The Morgan fingerprint density at radius 1 is 1.59 bits per heavy atom. The lowest BCUT2D eigenvalue weighted by molar-refractivity contribution is -0.117. The van der Waals surface area contributed by atoms with Gasteiger partial charge in [-0.3, -0.25) is 4.79 Å². The van der Waals surface area contributed by atoms with Crippen LogP contribution in [0.3, 0.4) is 0 Å². The topological polar surface area (TPSA) is 40.5 Å². The summed E-state index contributed by atoms with van der Waals surface area (Å²) in [5, 5.41) is 9.23. The summed E-state index contributed by atoms with van der Waals surface area (Å²) in [6.07, 6.45) is 0.288. The Morgan fingerprint density at radius 2 is 2.29 bits per heavy atom. The maximum absolute atomic E-state index is 13.1. The maximum Gasteiger partial charge on any atom is 0.227 e. The summed E-state index contributed by atoms with van der Waals surface area (Å²) in [4.78, 5) is 13.3. The van der Waals surface area contributed by atoms with Crippen molar-refractivity contribution in [3.63, 3.8) is 0 Å². The predicted molar refractivity (Wildman–Crippen MR) is 66.7 cm³/mol. The van der Waals surface area contributed by atoms with E-state index in [4.69, 9.17) is 16.7 Å². The molecule has 1 N–H and O–H groups in total. The molecule has 1 unspecified atom stereocenters. The quantitative estimate of drug-likeness (QED) is 0.909. The highest BCUT2D eigenvalue weighted by molar-refractivity contribution is 9.10.